The van der Waals surface area contributed by atoms with Crippen molar-refractivity contribution in [3.8, 4) is 45.6 Å². The van der Waals surface area contributed by atoms with Crippen LogP contribution in [-0.2, 0) is 0 Å². The molecule has 0 fully saturated rings. The first-order chi connectivity index (χ1) is 22.2. The second-order valence-electron chi connectivity index (χ2n) is 14.5. The van der Waals surface area contributed by atoms with E-state index < -0.39 is 22.6 Å². The summed E-state index contributed by atoms with van der Waals surface area (Å²) in [5.74, 6) is -2.74. The highest BCUT2D eigenvalue weighted by atomic mass is 16.3. The van der Waals surface area contributed by atoms with Gasteiger partial charge in [0.25, 0.3) is 0 Å². The van der Waals surface area contributed by atoms with Crippen LogP contribution in [-0.4, -0.2) is 77.6 Å². The molecule has 0 saturated carbocycles. The van der Waals surface area contributed by atoms with Crippen molar-refractivity contribution in [2.24, 2.45) is 9.98 Å². The lowest BCUT2D eigenvalue weighted by atomic mass is 9.83. The second kappa shape index (κ2) is 12.8. The molecule has 10 heteroatoms. The molecule has 4 aromatic rings. The molecule has 0 radical (unpaired) electrons. The smallest absolute Gasteiger partial charge is 0.167 e. The summed E-state index contributed by atoms with van der Waals surface area (Å²) in [6.45, 7) is 17.1. The number of hydrogen-bond acceptors (Lipinski definition) is 10. The molecule has 0 spiro atoms. The van der Waals surface area contributed by atoms with Crippen molar-refractivity contribution in [1.82, 2.24) is 0 Å². The third-order valence-electron chi connectivity index (χ3n) is 8.85. The van der Waals surface area contributed by atoms with Gasteiger partial charge in [0.2, 0.25) is 0 Å². The SMILES string of the molecule is Cc1cc2c(C(C)C)c(O)c(O)c(C=NC(C)(C)CO)c2c(O)c1-c1c(C)cc2c(C(C)C)c(O)c(O)c(C=NC(C)(C)CO)c2c1O. The van der Waals surface area contributed by atoms with Crippen LogP contribution in [0.1, 0.15) is 101 Å². The van der Waals surface area contributed by atoms with Crippen LogP contribution >= 0.6 is 0 Å². The fourth-order valence-electron chi connectivity index (χ4n) is 6.18. The van der Waals surface area contributed by atoms with Crippen LogP contribution in [0.3, 0.4) is 0 Å². The summed E-state index contributed by atoms with van der Waals surface area (Å²) in [6.07, 6.45) is 2.63. The van der Waals surface area contributed by atoms with Gasteiger partial charge in [0.05, 0.1) is 24.3 Å². The quantitative estimate of drug-likeness (QED) is 0.0687. The average molecular weight is 661 g/mol. The number of rotatable bonds is 9. The van der Waals surface area contributed by atoms with E-state index in [0.717, 1.165) is 0 Å². The third-order valence-corrected chi connectivity index (χ3v) is 8.85. The summed E-state index contributed by atoms with van der Waals surface area (Å²) in [4.78, 5) is 8.85. The second-order valence-corrected chi connectivity index (χ2v) is 14.5. The Morgan fingerprint density at radius 2 is 0.875 bits per heavy atom. The van der Waals surface area contributed by atoms with Crippen LogP contribution in [0.2, 0.25) is 0 Å². The van der Waals surface area contributed by atoms with Crippen LogP contribution in [0.4, 0.5) is 0 Å². The number of aliphatic hydroxyl groups is 2. The monoisotopic (exact) mass is 660 g/mol. The minimum absolute atomic E-state index is 0.0359. The van der Waals surface area contributed by atoms with E-state index in [9.17, 15) is 40.9 Å². The number of benzene rings is 4. The van der Waals surface area contributed by atoms with Gasteiger partial charge in [0, 0.05) is 56.6 Å². The van der Waals surface area contributed by atoms with Gasteiger partial charge in [-0.15, -0.1) is 0 Å². The molecular formula is C38H48N2O8. The van der Waals surface area contributed by atoms with Crippen LogP contribution < -0.4 is 0 Å². The lowest BCUT2D eigenvalue weighted by Gasteiger charge is -2.24. The number of phenols is 6. The van der Waals surface area contributed by atoms with Gasteiger partial charge in [-0.2, -0.15) is 0 Å². The Labute approximate surface area is 281 Å². The molecule has 258 valence electrons. The molecule has 0 aliphatic heterocycles. The van der Waals surface area contributed by atoms with Crippen molar-refractivity contribution in [3.63, 3.8) is 0 Å². The Balaban J connectivity index is 2.26. The predicted octanol–water partition coefficient (Wildman–Crippen LogP) is 7.14. The lowest BCUT2D eigenvalue weighted by molar-refractivity contribution is 0.223. The molecule has 0 atom stereocenters. The molecule has 48 heavy (non-hydrogen) atoms. The molecule has 4 rings (SSSR count). The maximum Gasteiger partial charge on any atom is 0.167 e. The Hall–Kier alpha value is -4.54. The lowest BCUT2D eigenvalue weighted by Crippen LogP contribution is -2.22. The van der Waals surface area contributed by atoms with E-state index in [1.165, 1.54) is 12.4 Å². The number of aryl methyl sites for hydroxylation is 2. The summed E-state index contributed by atoms with van der Waals surface area (Å²) < 4.78 is 0. The van der Waals surface area contributed by atoms with Gasteiger partial charge >= 0.3 is 0 Å². The van der Waals surface area contributed by atoms with Crippen molar-refractivity contribution in [3.05, 3.63) is 45.5 Å². The van der Waals surface area contributed by atoms with Crippen LogP contribution in [0.15, 0.2) is 22.1 Å². The summed E-state index contributed by atoms with van der Waals surface area (Å²) in [7, 11) is 0. The third kappa shape index (κ3) is 6.10. The normalized spacial score (nSPS) is 13.0. The van der Waals surface area contributed by atoms with Gasteiger partial charge in [-0.1, -0.05) is 39.8 Å². The van der Waals surface area contributed by atoms with E-state index in [0.29, 0.717) is 33.0 Å². The maximum atomic E-state index is 12.2. The fraction of sp³-hybridized carbons (Fsp3) is 0.421. The molecule has 0 heterocycles. The molecule has 0 bridgehead atoms. The van der Waals surface area contributed by atoms with Crippen molar-refractivity contribution >= 4 is 34.0 Å². The minimum Gasteiger partial charge on any atom is -0.507 e. The van der Waals surface area contributed by atoms with Gasteiger partial charge in [0.15, 0.2) is 23.0 Å². The molecule has 0 aromatic heterocycles. The van der Waals surface area contributed by atoms with Crippen molar-refractivity contribution in [1.29, 1.82) is 0 Å². The molecular weight excluding hydrogens is 612 g/mol. The number of phenolic OH excluding ortho intramolecular Hbond substituents is 6. The van der Waals surface area contributed by atoms with Gasteiger partial charge in [-0.05, 0) is 75.3 Å². The van der Waals surface area contributed by atoms with E-state index in [1.54, 1.807) is 53.7 Å². The zero-order valence-electron chi connectivity index (χ0n) is 29.4. The Kier molecular flexibility index (Phi) is 9.69. The van der Waals surface area contributed by atoms with Crippen LogP contribution in [0, 0.1) is 13.8 Å². The summed E-state index contributed by atoms with van der Waals surface area (Å²) in [5.41, 5.74) is 0.633. The van der Waals surface area contributed by atoms with Gasteiger partial charge in [0.1, 0.15) is 11.5 Å². The zero-order valence-corrected chi connectivity index (χ0v) is 29.4. The largest absolute Gasteiger partial charge is 0.507 e. The molecule has 0 amide bonds. The Morgan fingerprint density at radius 1 is 0.562 bits per heavy atom. The summed E-state index contributed by atoms with van der Waals surface area (Å²) in [6, 6.07) is 3.55. The van der Waals surface area contributed by atoms with Crippen LogP contribution in [0.5, 0.6) is 34.5 Å². The first-order valence-electron chi connectivity index (χ1n) is 16.0. The maximum absolute atomic E-state index is 12.2. The number of aliphatic hydroxyl groups excluding tert-OH is 2. The van der Waals surface area contributed by atoms with Crippen molar-refractivity contribution in [2.45, 2.75) is 92.2 Å². The molecule has 8 N–H and O–H groups in total. The predicted molar refractivity (Wildman–Crippen MR) is 192 cm³/mol. The molecule has 4 aromatic carbocycles. The van der Waals surface area contributed by atoms with E-state index >= 15 is 0 Å². The van der Waals surface area contributed by atoms with Gasteiger partial charge < -0.3 is 40.9 Å². The topological polar surface area (TPSA) is 187 Å². The Morgan fingerprint density at radius 3 is 1.15 bits per heavy atom. The minimum atomic E-state index is -0.925. The molecule has 0 unspecified atom stereocenters. The first kappa shape index (κ1) is 36.3. The van der Waals surface area contributed by atoms with Crippen molar-refractivity contribution in [2.75, 3.05) is 13.2 Å². The molecule has 0 saturated heterocycles. The fourth-order valence-corrected chi connectivity index (χ4v) is 6.18. The Bertz CT molecular complexity index is 1840. The number of fused-ring (bicyclic) bond motifs is 2. The number of nitrogens with zero attached hydrogens (tertiary/aromatic N) is 2. The molecule has 10 nitrogen and oxygen atoms in total. The van der Waals surface area contributed by atoms with Gasteiger partial charge in [-0.25, -0.2) is 0 Å². The highest BCUT2D eigenvalue weighted by Gasteiger charge is 2.30. The highest BCUT2D eigenvalue weighted by Crippen LogP contribution is 2.54. The van der Waals surface area contributed by atoms with E-state index in [2.05, 4.69) is 9.98 Å². The highest BCUT2D eigenvalue weighted by molar-refractivity contribution is 6.15. The van der Waals surface area contributed by atoms with Crippen molar-refractivity contribution < 1.29 is 40.9 Å². The molecule has 0 aliphatic rings. The number of hydrogen-bond donors (Lipinski definition) is 8. The van der Waals surface area contributed by atoms with E-state index in [1.807, 2.05) is 27.7 Å². The summed E-state index contributed by atoms with van der Waals surface area (Å²) >= 11 is 0. The zero-order chi connectivity index (χ0) is 36.2. The molecule has 0 aliphatic carbocycles. The summed E-state index contributed by atoms with van der Waals surface area (Å²) in [5, 5.41) is 90.1. The number of aliphatic imine (C=N–C) groups is 2. The number of aromatic hydroxyl groups is 6. The standard InChI is InChI=1S/C38H48N2O8/c1-17(2)25-21-11-19(5)27(33(45)29(21)23(31(43)35(25)47)13-39-37(7,8)15-41)28-20(6)12-22-26(18(3)4)36(48)32(44)24(30(22)34(28)46)14-40-38(9,10)16-42/h11-14,17-18,41-48H,15-16H2,1-10H3. The first-order valence-corrected chi connectivity index (χ1v) is 16.0. The van der Waals surface area contributed by atoms with Gasteiger partial charge in [-0.3, -0.25) is 9.98 Å². The van der Waals surface area contributed by atoms with E-state index in [-0.39, 0.29) is 81.1 Å². The average Bonchev–Trinajstić information content (AvgIpc) is 2.99. The van der Waals surface area contributed by atoms with E-state index in [4.69, 9.17) is 0 Å². The van der Waals surface area contributed by atoms with Crippen LogP contribution in [0.25, 0.3) is 32.7 Å².